The average molecular weight is 422 g/mol. The normalized spacial score (nSPS) is 41.0. The van der Waals surface area contributed by atoms with Gasteiger partial charge in [0.1, 0.15) is 6.10 Å². The van der Waals surface area contributed by atoms with Crippen LogP contribution in [0.25, 0.3) is 0 Å². The van der Waals surface area contributed by atoms with Crippen molar-refractivity contribution in [1.29, 1.82) is 0 Å². The Labute approximate surface area is 176 Å². The smallest absolute Gasteiger partial charge is 0.310 e. The first-order valence-electron chi connectivity index (χ1n) is 10.4. The van der Waals surface area contributed by atoms with Crippen molar-refractivity contribution in [2.75, 3.05) is 5.75 Å². The number of ether oxygens (including phenoxy) is 2. The van der Waals surface area contributed by atoms with Gasteiger partial charge in [0.25, 0.3) is 5.24 Å². The molecule has 0 saturated carbocycles. The lowest BCUT2D eigenvalue weighted by molar-refractivity contribution is -0.284. The number of hydrogen-bond donors (Lipinski definition) is 2. The van der Waals surface area contributed by atoms with E-state index in [2.05, 4.69) is 30.5 Å². The van der Waals surface area contributed by atoms with E-state index < -0.39 is 17.9 Å². The van der Waals surface area contributed by atoms with E-state index in [-0.39, 0.29) is 30.2 Å². The third-order valence-corrected chi connectivity index (χ3v) is 6.47. The molecule has 1 amide bonds. The third kappa shape index (κ3) is 6.46. The maximum Gasteiger partial charge on any atom is 0.310 e. The van der Waals surface area contributed by atoms with Gasteiger partial charge in [-0.15, -0.1) is 0 Å². The molecule has 0 aromatic heterocycles. The van der Waals surface area contributed by atoms with Crippen LogP contribution in [0.3, 0.4) is 0 Å². The maximum absolute atomic E-state index is 12.4. The number of fused-ring (bicyclic) bond motifs is 2. The van der Waals surface area contributed by atoms with Crippen LogP contribution in [0.15, 0.2) is 36.0 Å². The Hall–Kier alpha value is -1.57. The number of esters is 1. The van der Waals surface area contributed by atoms with Gasteiger partial charge in [0.2, 0.25) is 0 Å². The molecule has 0 unspecified atom stereocenters. The monoisotopic (exact) mass is 421 g/mol. The van der Waals surface area contributed by atoms with Crippen molar-refractivity contribution in [2.45, 2.75) is 76.4 Å². The van der Waals surface area contributed by atoms with Crippen LogP contribution in [0.1, 0.15) is 52.4 Å². The fourth-order valence-corrected chi connectivity index (χ4v) is 4.85. The molecular weight excluding hydrogens is 390 g/mol. The van der Waals surface area contributed by atoms with Gasteiger partial charge in [-0.3, -0.25) is 9.59 Å². The molecule has 3 heterocycles. The molecule has 3 aliphatic heterocycles. The molecule has 5 atom stereocenters. The van der Waals surface area contributed by atoms with Crippen molar-refractivity contribution in [3.63, 3.8) is 0 Å². The number of carbonyl (C=O) groups excluding carboxylic acids is 2. The third-order valence-electron chi connectivity index (χ3n) is 5.59. The molecule has 6 nitrogen and oxygen atoms in total. The SMILES string of the molecule is C/C1=C\C/C=C/C=C/[C@@H](C)CC[C@@H]2C[C@H](C[C@](O)([C@@H]3CSC(=O)N3)O2)OC(=O)C1. The molecule has 0 aliphatic carbocycles. The standard InChI is InChI=1S/C22H31NO5S/c1-15-7-5-3-4-6-8-16(2)11-20(24)27-18-12-17(10-9-15)28-22(26,13-18)19-14-29-21(25)23-19/h3-5,7-8,15,17-19,26H,6,9-14H2,1-2H3,(H,23,25)/b4-3+,7-5+,16-8+/t15-,17-,18-,19+,22-/m1/s1. The highest BCUT2D eigenvalue weighted by Gasteiger charge is 2.49. The summed E-state index contributed by atoms with van der Waals surface area (Å²) in [5.41, 5.74) is 0.961. The average Bonchev–Trinajstić information content (AvgIpc) is 3.09. The maximum atomic E-state index is 12.4. The lowest BCUT2D eigenvalue weighted by atomic mass is 9.90. The molecule has 3 aliphatic rings. The molecule has 0 radical (unpaired) electrons. The molecule has 2 bridgehead atoms. The number of nitrogens with one attached hydrogen (secondary N) is 1. The Morgan fingerprint density at radius 3 is 2.83 bits per heavy atom. The van der Waals surface area contributed by atoms with Gasteiger partial charge < -0.3 is 19.9 Å². The number of thioether (sulfide) groups is 1. The van der Waals surface area contributed by atoms with Crippen LogP contribution in [0.2, 0.25) is 0 Å². The fraction of sp³-hybridized carbons (Fsp3) is 0.636. The van der Waals surface area contributed by atoms with E-state index in [4.69, 9.17) is 9.47 Å². The van der Waals surface area contributed by atoms with E-state index in [0.717, 1.165) is 36.6 Å². The van der Waals surface area contributed by atoms with Gasteiger partial charge >= 0.3 is 5.97 Å². The highest BCUT2D eigenvalue weighted by Crippen LogP contribution is 2.37. The zero-order valence-electron chi connectivity index (χ0n) is 17.1. The summed E-state index contributed by atoms with van der Waals surface area (Å²) in [6.07, 6.45) is 13.1. The molecule has 2 fully saturated rings. The van der Waals surface area contributed by atoms with Crippen molar-refractivity contribution in [2.24, 2.45) is 5.92 Å². The Bertz CT molecular complexity index is 703. The fourth-order valence-electron chi connectivity index (χ4n) is 3.96. The zero-order valence-corrected chi connectivity index (χ0v) is 18.0. The van der Waals surface area contributed by atoms with E-state index >= 15 is 0 Å². The van der Waals surface area contributed by atoms with E-state index in [1.165, 1.54) is 0 Å². The van der Waals surface area contributed by atoms with Crippen LogP contribution in [-0.2, 0) is 14.3 Å². The van der Waals surface area contributed by atoms with Crippen molar-refractivity contribution >= 4 is 23.0 Å². The minimum atomic E-state index is -1.52. The van der Waals surface area contributed by atoms with Crippen LogP contribution in [0.5, 0.6) is 0 Å². The molecule has 29 heavy (non-hydrogen) atoms. The summed E-state index contributed by atoms with van der Waals surface area (Å²) in [6.45, 7) is 4.07. The number of hydrogen-bond acceptors (Lipinski definition) is 6. The molecule has 3 rings (SSSR count). The predicted molar refractivity (Wildman–Crippen MR) is 113 cm³/mol. The molecular formula is C22H31NO5S. The lowest BCUT2D eigenvalue weighted by Crippen LogP contribution is -2.58. The van der Waals surface area contributed by atoms with Gasteiger partial charge in [-0.2, -0.15) is 0 Å². The van der Waals surface area contributed by atoms with E-state index in [0.29, 0.717) is 18.1 Å². The molecule has 2 saturated heterocycles. The lowest BCUT2D eigenvalue weighted by Gasteiger charge is -2.43. The van der Waals surface area contributed by atoms with Gasteiger partial charge in [0.15, 0.2) is 5.79 Å². The van der Waals surface area contributed by atoms with Crippen LogP contribution in [0.4, 0.5) is 4.79 Å². The van der Waals surface area contributed by atoms with E-state index in [9.17, 15) is 14.7 Å². The second kappa shape index (κ2) is 9.96. The number of allylic oxidation sites excluding steroid dienone is 5. The Balaban J connectivity index is 1.77. The van der Waals surface area contributed by atoms with Crippen molar-refractivity contribution in [3.8, 4) is 0 Å². The Kier molecular flexibility index (Phi) is 7.60. The Morgan fingerprint density at radius 2 is 2.07 bits per heavy atom. The van der Waals surface area contributed by atoms with Crippen molar-refractivity contribution in [3.05, 3.63) is 36.0 Å². The van der Waals surface area contributed by atoms with Gasteiger partial charge in [-0.25, -0.2) is 0 Å². The summed E-state index contributed by atoms with van der Waals surface area (Å²) in [5, 5.41) is 13.8. The molecule has 0 aromatic rings. The Morgan fingerprint density at radius 1 is 1.24 bits per heavy atom. The van der Waals surface area contributed by atoms with E-state index in [1.54, 1.807) is 0 Å². The number of carbonyl (C=O) groups is 2. The van der Waals surface area contributed by atoms with Crippen LogP contribution in [0, 0.1) is 5.92 Å². The molecule has 160 valence electrons. The minimum Gasteiger partial charge on any atom is -0.462 e. The van der Waals surface area contributed by atoms with Crippen LogP contribution in [-0.4, -0.2) is 46.1 Å². The number of aliphatic hydroxyl groups is 1. The summed E-state index contributed by atoms with van der Waals surface area (Å²) in [4.78, 5) is 24.1. The molecule has 0 aromatic carbocycles. The number of amides is 1. The first kappa shape index (κ1) is 22.1. The summed E-state index contributed by atoms with van der Waals surface area (Å²) in [7, 11) is 0. The first-order chi connectivity index (χ1) is 13.8. The van der Waals surface area contributed by atoms with Gasteiger partial charge in [-0.05, 0) is 32.1 Å². The molecule has 0 spiro atoms. The van der Waals surface area contributed by atoms with Crippen LogP contribution < -0.4 is 5.32 Å². The summed E-state index contributed by atoms with van der Waals surface area (Å²) in [5.74, 6) is -1.01. The zero-order chi connectivity index (χ0) is 20.9. The predicted octanol–water partition coefficient (Wildman–Crippen LogP) is 3.86. The van der Waals surface area contributed by atoms with Crippen LogP contribution >= 0.6 is 11.8 Å². The number of rotatable bonds is 1. The van der Waals surface area contributed by atoms with Gasteiger partial charge in [-0.1, -0.05) is 54.6 Å². The van der Waals surface area contributed by atoms with E-state index in [1.807, 2.05) is 19.1 Å². The van der Waals surface area contributed by atoms with Gasteiger partial charge in [0, 0.05) is 18.6 Å². The quantitative estimate of drug-likeness (QED) is 0.494. The highest BCUT2D eigenvalue weighted by atomic mass is 32.2. The summed E-state index contributed by atoms with van der Waals surface area (Å²) < 4.78 is 11.8. The molecule has 7 heteroatoms. The first-order valence-corrected chi connectivity index (χ1v) is 11.3. The summed E-state index contributed by atoms with van der Waals surface area (Å²) in [6, 6.07) is -0.501. The second-order valence-corrected chi connectivity index (χ2v) is 9.26. The van der Waals surface area contributed by atoms with Crippen molar-refractivity contribution in [1.82, 2.24) is 5.32 Å². The largest absolute Gasteiger partial charge is 0.462 e. The van der Waals surface area contributed by atoms with Gasteiger partial charge in [0.05, 0.1) is 18.6 Å². The van der Waals surface area contributed by atoms with Crippen molar-refractivity contribution < 1.29 is 24.2 Å². The summed E-state index contributed by atoms with van der Waals surface area (Å²) >= 11 is 1.14. The topological polar surface area (TPSA) is 84.9 Å². The molecule has 2 N–H and O–H groups in total. The minimum absolute atomic E-state index is 0.162. The highest BCUT2D eigenvalue weighted by molar-refractivity contribution is 8.14. The second-order valence-electron chi connectivity index (χ2n) is 8.26.